The molecule has 0 unspecified atom stereocenters. The lowest BCUT2D eigenvalue weighted by Crippen LogP contribution is -2.45. The second kappa shape index (κ2) is 9.57. The highest BCUT2D eigenvalue weighted by Gasteiger charge is 2.30. The third kappa shape index (κ3) is 5.58. The third-order valence-electron chi connectivity index (χ3n) is 4.07. The fourth-order valence-electron chi connectivity index (χ4n) is 2.42. The van der Waals surface area contributed by atoms with Crippen LogP contribution >= 0.6 is 0 Å². The molecule has 0 fully saturated rings. The Labute approximate surface area is 169 Å². The Morgan fingerprint density at radius 3 is 2.31 bits per heavy atom. The molecule has 0 aliphatic heterocycles. The number of methoxy groups -OCH3 is 2. The van der Waals surface area contributed by atoms with Crippen LogP contribution in [0.15, 0.2) is 45.9 Å². The molecule has 0 aliphatic rings. The van der Waals surface area contributed by atoms with Crippen molar-refractivity contribution < 1.29 is 36.6 Å². The summed E-state index contributed by atoms with van der Waals surface area (Å²) in [6, 6.07) is 6.00. The van der Waals surface area contributed by atoms with Crippen molar-refractivity contribution in [1.82, 2.24) is 4.72 Å². The molecule has 2 aromatic rings. The number of sulfonamides is 1. The van der Waals surface area contributed by atoms with Crippen LogP contribution in [0.4, 0.5) is 0 Å². The van der Waals surface area contributed by atoms with Gasteiger partial charge in [-0.15, -0.1) is 0 Å². The Morgan fingerprint density at radius 1 is 1.10 bits per heavy atom. The lowest BCUT2D eigenvalue weighted by molar-refractivity contribution is -0.148. The molecule has 9 nitrogen and oxygen atoms in total. The van der Waals surface area contributed by atoms with Gasteiger partial charge in [0, 0.05) is 0 Å². The van der Waals surface area contributed by atoms with Gasteiger partial charge in [0.05, 0.1) is 25.4 Å². The molecule has 0 saturated carbocycles. The maximum atomic E-state index is 12.6. The molecule has 1 atom stereocenters. The van der Waals surface area contributed by atoms with E-state index < -0.39 is 33.9 Å². The van der Waals surface area contributed by atoms with Gasteiger partial charge in [0.25, 0.3) is 0 Å². The minimum absolute atomic E-state index is 0.0178. The average molecular weight is 425 g/mol. The summed E-state index contributed by atoms with van der Waals surface area (Å²) in [6.45, 7) is 3.01. The van der Waals surface area contributed by atoms with Gasteiger partial charge in [0.15, 0.2) is 5.76 Å². The number of benzene rings is 1. The average Bonchev–Trinajstić information content (AvgIpc) is 3.18. The zero-order valence-corrected chi connectivity index (χ0v) is 17.3. The van der Waals surface area contributed by atoms with E-state index in [1.807, 2.05) is 0 Å². The summed E-state index contributed by atoms with van der Waals surface area (Å²) in [5.41, 5.74) is 0.125. The molecule has 1 aromatic carbocycles. The van der Waals surface area contributed by atoms with E-state index in [1.54, 1.807) is 13.8 Å². The first-order valence-electron chi connectivity index (χ1n) is 8.67. The number of rotatable bonds is 9. The smallest absolute Gasteiger partial charge is 0.341 e. The SMILES string of the molecule is COC(=O)c1ccoc1COC(=O)[C@@H](NS(=O)(=O)c1ccc(OC)cc1)C(C)C. The van der Waals surface area contributed by atoms with Crippen LogP contribution in [-0.2, 0) is 30.9 Å². The number of ether oxygens (including phenoxy) is 3. The van der Waals surface area contributed by atoms with Crippen molar-refractivity contribution in [3.8, 4) is 5.75 Å². The second-order valence-electron chi connectivity index (χ2n) is 6.38. The Hall–Kier alpha value is -2.85. The summed E-state index contributed by atoms with van der Waals surface area (Å²) in [4.78, 5) is 24.1. The van der Waals surface area contributed by atoms with E-state index in [0.29, 0.717) is 5.75 Å². The molecular weight excluding hydrogens is 402 g/mol. The van der Waals surface area contributed by atoms with Crippen LogP contribution in [0, 0.1) is 5.92 Å². The van der Waals surface area contributed by atoms with Crippen LogP contribution in [0.5, 0.6) is 5.75 Å². The summed E-state index contributed by atoms with van der Waals surface area (Å²) in [6.07, 6.45) is 1.27. The summed E-state index contributed by atoms with van der Waals surface area (Å²) in [7, 11) is -1.29. The lowest BCUT2D eigenvalue weighted by Gasteiger charge is -2.20. The van der Waals surface area contributed by atoms with Gasteiger partial charge in [0.2, 0.25) is 10.0 Å². The fourth-order valence-corrected chi connectivity index (χ4v) is 3.75. The van der Waals surface area contributed by atoms with Crippen molar-refractivity contribution in [1.29, 1.82) is 0 Å². The molecule has 29 heavy (non-hydrogen) atoms. The molecule has 1 aromatic heterocycles. The zero-order valence-electron chi connectivity index (χ0n) is 16.5. The molecule has 0 bridgehead atoms. The number of furan rings is 1. The van der Waals surface area contributed by atoms with Gasteiger partial charge in [-0.05, 0) is 36.2 Å². The Balaban J connectivity index is 2.11. The minimum atomic E-state index is -3.98. The van der Waals surface area contributed by atoms with Gasteiger partial charge in [-0.25, -0.2) is 13.2 Å². The monoisotopic (exact) mass is 425 g/mol. The van der Waals surface area contributed by atoms with Crippen molar-refractivity contribution in [2.45, 2.75) is 31.4 Å². The van der Waals surface area contributed by atoms with Gasteiger partial charge in [0.1, 0.15) is 24.0 Å². The molecule has 0 saturated heterocycles. The molecule has 0 radical (unpaired) electrons. The van der Waals surface area contributed by atoms with E-state index in [-0.39, 0.29) is 22.8 Å². The topological polar surface area (TPSA) is 121 Å². The molecule has 0 aliphatic carbocycles. The fraction of sp³-hybridized carbons (Fsp3) is 0.368. The quantitative estimate of drug-likeness (QED) is 0.607. The summed E-state index contributed by atoms with van der Waals surface area (Å²) in [5.74, 6) is -1.23. The molecule has 1 N–H and O–H groups in total. The van der Waals surface area contributed by atoms with Gasteiger partial charge in [-0.2, -0.15) is 4.72 Å². The number of carbonyl (C=O) groups is 2. The van der Waals surface area contributed by atoms with E-state index in [2.05, 4.69) is 9.46 Å². The van der Waals surface area contributed by atoms with E-state index >= 15 is 0 Å². The molecule has 2 rings (SSSR count). The predicted octanol–water partition coefficient (Wildman–Crippen LogP) is 2.12. The van der Waals surface area contributed by atoms with Crippen molar-refractivity contribution in [2.24, 2.45) is 5.92 Å². The lowest BCUT2D eigenvalue weighted by atomic mass is 10.1. The highest BCUT2D eigenvalue weighted by atomic mass is 32.2. The largest absolute Gasteiger partial charge is 0.497 e. The molecule has 0 amide bonds. The Bertz CT molecular complexity index is 947. The third-order valence-corrected chi connectivity index (χ3v) is 5.53. The van der Waals surface area contributed by atoms with Gasteiger partial charge in [-0.1, -0.05) is 13.8 Å². The van der Waals surface area contributed by atoms with Crippen molar-refractivity contribution >= 4 is 22.0 Å². The van der Waals surface area contributed by atoms with E-state index in [1.165, 1.54) is 50.8 Å². The molecular formula is C19H23NO8S. The molecule has 158 valence electrons. The summed E-state index contributed by atoms with van der Waals surface area (Å²) in [5, 5.41) is 0. The van der Waals surface area contributed by atoms with Crippen molar-refractivity contribution in [3.05, 3.63) is 47.9 Å². The first kappa shape index (κ1) is 22.4. The minimum Gasteiger partial charge on any atom is -0.497 e. The predicted molar refractivity (Wildman–Crippen MR) is 102 cm³/mol. The normalized spacial score (nSPS) is 12.4. The zero-order chi connectivity index (χ0) is 21.6. The van der Waals surface area contributed by atoms with E-state index in [4.69, 9.17) is 13.9 Å². The van der Waals surface area contributed by atoms with Gasteiger partial charge in [-0.3, -0.25) is 4.79 Å². The van der Waals surface area contributed by atoms with Crippen LogP contribution in [0.3, 0.4) is 0 Å². The van der Waals surface area contributed by atoms with E-state index in [9.17, 15) is 18.0 Å². The van der Waals surface area contributed by atoms with Crippen LogP contribution < -0.4 is 9.46 Å². The van der Waals surface area contributed by atoms with Crippen LogP contribution in [0.25, 0.3) is 0 Å². The first-order chi connectivity index (χ1) is 13.7. The van der Waals surface area contributed by atoms with Crippen LogP contribution in [-0.4, -0.2) is 40.6 Å². The first-order valence-corrected chi connectivity index (χ1v) is 10.2. The number of hydrogen-bond acceptors (Lipinski definition) is 8. The van der Waals surface area contributed by atoms with Crippen molar-refractivity contribution in [3.63, 3.8) is 0 Å². The van der Waals surface area contributed by atoms with Crippen LogP contribution in [0.2, 0.25) is 0 Å². The number of hydrogen-bond donors (Lipinski definition) is 1. The highest BCUT2D eigenvalue weighted by molar-refractivity contribution is 7.89. The molecule has 1 heterocycles. The number of nitrogens with one attached hydrogen (secondary N) is 1. The van der Waals surface area contributed by atoms with Crippen molar-refractivity contribution in [2.75, 3.05) is 14.2 Å². The molecule has 0 spiro atoms. The standard InChI is InChI=1S/C19H23NO8S/c1-12(2)17(20-29(23,24)14-7-5-13(25-3)6-8-14)19(22)28-11-16-15(9-10-27-16)18(21)26-4/h5-10,12,17,20H,11H2,1-4H3/t17-/m0/s1. The summed E-state index contributed by atoms with van der Waals surface area (Å²) < 4.78 is 47.6. The summed E-state index contributed by atoms with van der Waals surface area (Å²) >= 11 is 0. The van der Waals surface area contributed by atoms with Gasteiger partial charge >= 0.3 is 11.9 Å². The van der Waals surface area contributed by atoms with Gasteiger partial charge < -0.3 is 18.6 Å². The maximum Gasteiger partial charge on any atom is 0.341 e. The second-order valence-corrected chi connectivity index (χ2v) is 8.09. The molecule has 10 heteroatoms. The van der Waals surface area contributed by atoms with Crippen LogP contribution in [0.1, 0.15) is 30.0 Å². The Morgan fingerprint density at radius 2 is 1.76 bits per heavy atom. The Kier molecular flexibility index (Phi) is 7.40. The van der Waals surface area contributed by atoms with E-state index in [0.717, 1.165) is 0 Å². The number of esters is 2. The number of carbonyl (C=O) groups excluding carboxylic acids is 2. The maximum absolute atomic E-state index is 12.6. The highest BCUT2D eigenvalue weighted by Crippen LogP contribution is 2.18.